The Bertz CT molecular complexity index is 484. The lowest BCUT2D eigenvalue weighted by Crippen LogP contribution is -2.25. The van der Waals surface area contributed by atoms with Crippen molar-refractivity contribution in [1.29, 1.82) is 0 Å². The van der Waals surface area contributed by atoms with Gasteiger partial charge in [-0.1, -0.05) is 28.1 Å². The zero-order valence-electron chi connectivity index (χ0n) is 9.20. The maximum atomic E-state index is 13.6. The first-order valence-corrected chi connectivity index (χ1v) is 7.04. The largest absolute Gasteiger partial charge is 0.327 e. The van der Waals surface area contributed by atoms with Crippen LogP contribution in [0, 0.1) is 5.82 Å². The van der Waals surface area contributed by atoms with Gasteiger partial charge >= 0.3 is 0 Å². The molecule has 0 aliphatic heterocycles. The van der Waals surface area contributed by atoms with Crippen LogP contribution in [0.1, 0.15) is 10.4 Å². The summed E-state index contributed by atoms with van der Waals surface area (Å²) in [5.74, 6) is -0.194. The Hall–Kier alpha value is -0.710. The fourth-order valence-corrected chi connectivity index (χ4v) is 2.86. The van der Waals surface area contributed by atoms with E-state index in [0.29, 0.717) is 12.0 Å². The molecule has 0 aliphatic carbocycles. The quantitative estimate of drug-likeness (QED) is 0.913. The van der Waals surface area contributed by atoms with Crippen LogP contribution < -0.4 is 5.73 Å². The fraction of sp³-hybridized carbons (Fsp3) is 0.231. The highest BCUT2D eigenvalue weighted by Gasteiger charge is 2.10. The van der Waals surface area contributed by atoms with E-state index in [0.717, 1.165) is 10.9 Å². The summed E-state index contributed by atoms with van der Waals surface area (Å²) in [6.07, 6.45) is 1.37. The van der Waals surface area contributed by atoms with Gasteiger partial charge in [0.15, 0.2) is 0 Å². The summed E-state index contributed by atoms with van der Waals surface area (Å²) in [4.78, 5) is 1.25. The van der Waals surface area contributed by atoms with Crippen molar-refractivity contribution in [2.24, 2.45) is 5.73 Å². The monoisotopic (exact) mass is 313 g/mol. The molecule has 0 bridgehead atoms. The third-order valence-corrected chi connectivity index (χ3v) is 3.93. The van der Waals surface area contributed by atoms with Crippen molar-refractivity contribution in [2.45, 2.75) is 18.9 Å². The van der Waals surface area contributed by atoms with Crippen LogP contribution in [0.5, 0.6) is 0 Å². The number of hydrogen-bond donors (Lipinski definition) is 1. The number of nitrogens with two attached hydrogens (primary N) is 1. The van der Waals surface area contributed by atoms with Gasteiger partial charge in [0, 0.05) is 15.4 Å². The van der Waals surface area contributed by atoms with Crippen LogP contribution in [0.4, 0.5) is 4.39 Å². The predicted molar refractivity (Wildman–Crippen MR) is 73.8 cm³/mol. The second kappa shape index (κ2) is 5.76. The molecule has 4 heteroatoms. The Balaban J connectivity index is 2.00. The van der Waals surface area contributed by atoms with Crippen molar-refractivity contribution in [3.05, 3.63) is 56.4 Å². The van der Waals surface area contributed by atoms with Crippen molar-refractivity contribution in [3.8, 4) is 0 Å². The van der Waals surface area contributed by atoms with E-state index in [4.69, 9.17) is 5.73 Å². The Morgan fingerprint density at radius 2 is 2.12 bits per heavy atom. The molecule has 2 rings (SSSR count). The minimum absolute atomic E-state index is 0.0377. The molecular formula is C13H13BrFNS. The first-order valence-electron chi connectivity index (χ1n) is 5.37. The van der Waals surface area contributed by atoms with Crippen LogP contribution in [-0.2, 0) is 12.8 Å². The molecule has 17 heavy (non-hydrogen) atoms. The number of hydrogen-bond acceptors (Lipinski definition) is 2. The van der Waals surface area contributed by atoms with Crippen molar-refractivity contribution < 1.29 is 4.39 Å². The lowest BCUT2D eigenvalue weighted by Gasteiger charge is -2.11. The average Bonchev–Trinajstić information content (AvgIpc) is 2.75. The Labute approximate surface area is 113 Å². The standard InChI is InChI=1S/C13H13BrFNS/c14-10-4-3-9(13(15)7-10)6-11(16)8-12-2-1-5-17-12/h1-5,7,11H,6,8,16H2. The molecule has 0 radical (unpaired) electrons. The van der Waals surface area contributed by atoms with Crippen LogP contribution in [0.3, 0.4) is 0 Å². The van der Waals surface area contributed by atoms with Crippen LogP contribution in [0.2, 0.25) is 0 Å². The van der Waals surface area contributed by atoms with Crippen molar-refractivity contribution in [3.63, 3.8) is 0 Å². The lowest BCUT2D eigenvalue weighted by molar-refractivity contribution is 0.584. The average molecular weight is 314 g/mol. The summed E-state index contributed by atoms with van der Waals surface area (Å²) in [6.45, 7) is 0. The van der Waals surface area contributed by atoms with E-state index in [9.17, 15) is 4.39 Å². The van der Waals surface area contributed by atoms with Gasteiger partial charge in [0.2, 0.25) is 0 Å². The third-order valence-electron chi connectivity index (χ3n) is 2.54. The third kappa shape index (κ3) is 3.63. The molecule has 0 saturated carbocycles. The van der Waals surface area contributed by atoms with Gasteiger partial charge in [-0.15, -0.1) is 11.3 Å². The summed E-state index contributed by atoms with van der Waals surface area (Å²) in [5, 5.41) is 2.03. The second-order valence-corrected chi connectivity index (χ2v) is 5.93. The Kier molecular flexibility index (Phi) is 4.31. The van der Waals surface area contributed by atoms with Gasteiger partial charge in [0.25, 0.3) is 0 Å². The van der Waals surface area contributed by atoms with E-state index in [2.05, 4.69) is 22.0 Å². The maximum Gasteiger partial charge on any atom is 0.127 e. The Morgan fingerprint density at radius 1 is 1.29 bits per heavy atom. The van der Waals surface area contributed by atoms with Gasteiger partial charge in [-0.25, -0.2) is 4.39 Å². The minimum Gasteiger partial charge on any atom is -0.327 e. The van der Waals surface area contributed by atoms with E-state index in [1.807, 2.05) is 17.5 Å². The highest BCUT2D eigenvalue weighted by molar-refractivity contribution is 9.10. The zero-order valence-corrected chi connectivity index (χ0v) is 11.6. The molecule has 1 nitrogen and oxygen atoms in total. The minimum atomic E-state index is -0.194. The van der Waals surface area contributed by atoms with Gasteiger partial charge in [0.05, 0.1) is 0 Å². The van der Waals surface area contributed by atoms with E-state index in [1.54, 1.807) is 17.4 Å². The molecule has 0 saturated heterocycles. The molecule has 0 aliphatic rings. The summed E-state index contributed by atoms with van der Waals surface area (Å²) in [6, 6.07) is 9.14. The smallest absolute Gasteiger partial charge is 0.127 e. The molecule has 2 aromatic rings. The van der Waals surface area contributed by atoms with Crippen LogP contribution in [-0.4, -0.2) is 6.04 Å². The van der Waals surface area contributed by atoms with Gasteiger partial charge in [-0.3, -0.25) is 0 Å². The summed E-state index contributed by atoms with van der Waals surface area (Å²) in [7, 11) is 0. The molecule has 1 atom stereocenters. The van der Waals surface area contributed by atoms with Crippen LogP contribution >= 0.6 is 27.3 Å². The SMILES string of the molecule is NC(Cc1cccs1)Cc1ccc(Br)cc1F. The van der Waals surface area contributed by atoms with Gasteiger partial charge in [-0.05, 0) is 42.0 Å². The molecule has 0 amide bonds. The highest BCUT2D eigenvalue weighted by atomic mass is 79.9. The highest BCUT2D eigenvalue weighted by Crippen LogP contribution is 2.18. The van der Waals surface area contributed by atoms with Crippen molar-refractivity contribution in [1.82, 2.24) is 0 Å². The lowest BCUT2D eigenvalue weighted by atomic mass is 10.0. The summed E-state index contributed by atoms with van der Waals surface area (Å²) < 4.78 is 14.4. The fourth-order valence-electron chi connectivity index (χ4n) is 1.73. The molecule has 1 unspecified atom stereocenters. The van der Waals surface area contributed by atoms with Gasteiger partial charge in [0.1, 0.15) is 5.82 Å². The van der Waals surface area contributed by atoms with E-state index < -0.39 is 0 Å². The van der Waals surface area contributed by atoms with Gasteiger partial charge in [-0.2, -0.15) is 0 Å². The number of thiophene rings is 1. The van der Waals surface area contributed by atoms with E-state index in [1.165, 1.54) is 10.9 Å². The number of halogens is 2. The van der Waals surface area contributed by atoms with E-state index >= 15 is 0 Å². The summed E-state index contributed by atoms with van der Waals surface area (Å²) in [5.41, 5.74) is 6.71. The zero-order chi connectivity index (χ0) is 12.3. The maximum absolute atomic E-state index is 13.6. The van der Waals surface area contributed by atoms with Crippen LogP contribution in [0.15, 0.2) is 40.2 Å². The second-order valence-electron chi connectivity index (χ2n) is 3.98. The predicted octanol–water partition coefficient (Wildman–Crippen LogP) is 3.76. The number of benzene rings is 1. The van der Waals surface area contributed by atoms with Crippen molar-refractivity contribution in [2.75, 3.05) is 0 Å². The first-order chi connectivity index (χ1) is 8.15. The Morgan fingerprint density at radius 3 is 2.76 bits per heavy atom. The molecule has 1 aromatic heterocycles. The number of rotatable bonds is 4. The molecule has 1 aromatic carbocycles. The van der Waals surface area contributed by atoms with Gasteiger partial charge < -0.3 is 5.73 Å². The molecule has 90 valence electrons. The van der Waals surface area contributed by atoms with E-state index in [-0.39, 0.29) is 11.9 Å². The first kappa shape index (κ1) is 12.7. The summed E-state index contributed by atoms with van der Waals surface area (Å²) >= 11 is 4.93. The normalized spacial score (nSPS) is 12.6. The molecule has 0 spiro atoms. The molecule has 1 heterocycles. The topological polar surface area (TPSA) is 26.0 Å². The molecule has 2 N–H and O–H groups in total. The van der Waals surface area contributed by atoms with Crippen LogP contribution in [0.25, 0.3) is 0 Å². The molecule has 0 fully saturated rings. The molecular weight excluding hydrogens is 301 g/mol. The van der Waals surface area contributed by atoms with Crippen molar-refractivity contribution >= 4 is 27.3 Å².